The molecule has 8 heteroatoms. The number of rotatable bonds is 8. The molecule has 7 nitrogen and oxygen atoms in total. The number of methoxy groups -OCH3 is 2. The Hall–Kier alpha value is -3.10. The van der Waals surface area contributed by atoms with Gasteiger partial charge in [-0.05, 0) is 47.5 Å². The molecule has 0 N–H and O–H groups in total. The number of hydrogen-bond donors (Lipinski definition) is 0. The highest BCUT2D eigenvalue weighted by Gasteiger charge is 2.28. The summed E-state index contributed by atoms with van der Waals surface area (Å²) in [7, 11) is 0.622. The molecular formula is C22H24N2O5S. The third-order valence-corrected chi connectivity index (χ3v) is 6.55. The third kappa shape index (κ3) is 4.72. The fourth-order valence-corrected chi connectivity index (χ4v) is 4.53. The smallest absolute Gasteiger partial charge is 0.270 e. The maximum Gasteiger partial charge on any atom is 0.270 e. The van der Waals surface area contributed by atoms with Gasteiger partial charge in [-0.25, -0.2) is 8.42 Å². The van der Waals surface area contributed by atoms with Crippen LogP contribution in [0.4, 0.5) is 0 Å². The summed E-state index contributed by atoms with van der Waals surface area (Å²) >= 11 is 0. The van der Waals surface area contributed by atoms with Crippen molar-refractivity contribution in [1.82, 2.24) is 8.87 Å². The first kappa shape index (κ1) is 21.6. The van der Waals surface area contributed by atoms with Gasteiger partial charge in [0.25, 0.3) is 5.56 Å². The van der Waals surface area contributed by atoms with Crippen LogP contribution in [-0.4, -0.2) is 31.5 Å². The van der Waals surface area contributed by atoms with Gasteiger partial charge in [0.05, 0.1) is 14.2 Å². The summed E-state index contributed by atoms with van der Waals surface area (Å²) in [5, 5.41) is 0. The Balaban J connectivity index is 2.00. The molecule has 2 aromatic carbocycles. The van der Waals surface area contributed by atoms with E-state index in [1.807, 2.05) is 0 Å². The molecule has 1 aromatic heterocycles. The average molecular weight is 429 g/mol. The molecule has 0 spiro atoms. The van der Waals surface area contributed by atoms with Crippen LogP contribution >= 0.6 is 0 Å². The number of benzene rings is 2. The Bertz CT molecular complexity index is 1100. The molecule has 0 aliphatic rings. The molecule has 0 bridgehead atoms. The van der Waals surface area contributed by atoms with Crippen LogP contribution in [0.15, 0.2) is 76.6 Å². The molecule has 0 saturated heterocycles. The second kappa shape index (κ2) is 9.15. The van der Waals surface area contributed by atoms with Gasteiger partial charge in [-0.3, -0.25) is 4.79 Å². The van der Waals surface area contributed by atoms with E-state index in [1.165, 1.54) is 28.2 Å². The summed E-state index contributed by atoms with van der Waals surface area (Å²) in [5.74, 6) is 1.36. The van der Waals surface area contributed by atoms with Crippen molar-refractivity contribution in [2.45, 2.75) is 18.0 Å². The zero-order valence-electron chi connectivity index (χ0n) is 17.1. The lowest BCUT2D eigenvalue weighted by Gasteiger charge is -2.22. The molecule has 1 heterocycles. The summed E-state index contributed by atoms with van der Waals surface area (Å²) in [5.41, 5.74) is 0.994. The molecule has 3 aromatic rings. The predicted octanol–water partition coefficient (Wildman–Crippen LogP) is 2.79. The first-order valence-electron chi connectivity index (χ1n) is 9.27. The molecule has 0 aliphatic carbocycles. The zero-order chi connectivity index (χ0) is 21.7. The molecule has 0 atom stereocenters. The summed E-state index contributed by atoms with van der Waals surface area (Å²) in [6.45, 7) is 0.215. The number of hydrogen-bond acceptors (Lipinski definition) is 5. The summed E-state index contributed by atoms with van der Waals surface area (Å²) < 4.78 is 39.7. The SMILES string of the molecule is COc1ccc(CN(Cc2ccc(OC)cc2)S(=O)(=O)c2cccn(C)c2=O)cc1. The Morgan fingerprint density at radius 2 is 1.30 bits per heavy atom. The van der Waals surface area contributed by atoms with Crippen LogP contribution < -0.4 is 15.0 Å². The van der Waals surface area contributed by atoms with Gasteiger partial charge in [-0.2, -0.15) is 4.31 Å². The largest absolute Gasteiger partial charge is 0.497 e. The van der Waals surface area contributed by atoms with E-state index >= 15 is 0 Å². The highest BCUT2D eigenvalue weighted by Crippen LogP contribution is 2.22. The third-order valence-electron chi connectivity index (χ3n) is 4.74. The van der Waals surface area contributed by atoms with E-state index in [2.05, 4.69) is 0 Å². The van der Waals surface area contributed by atoms with Crippen molar-refractivity contribution >= 4 is 10.0 Å². The fraction of sp³-hybridized carbons (Fsp3) is 0.227. The molecule has 0 unspecified atom stereocenters. The fourth-order valence-electron chi connectivity index (χ4n) is 3.00. The lowest BCUT2D eigenvalue weighted by atomic mass is 10.2. The molecule has 30 heavy (non-hydrogen) atoms. The molecule has 0 aliphatic heterocycles. The Kier molecular flexibility index (Phi) is 6.59. The minimum Gasteiger partial charge on any atom is -0.497 e. The van der Waals surface area contributed by atoms with Crippen LogP contribution in [0.1, 0.15) is 11.1 Å². The number of pyridine rings is 1. The van der Waals surface area contributed by atoms with Crippen molar-refractivity contribution in [2.75, 3.05) is 14.2 Å². The van der Waals surface area contributed by atoms with Crippen LogP contribution in [0.3, 0.4) is 0 Å². The van der Waals surface area contributed by atoms with Gasteiger partial charge in [0.1, 0.15) is 16.4 Å². The lowest BCUT2D eigenvalue weighted by molar-refractivity contribution is 0.397. The number of ether oxygens (including phenoxy) is 2. The Morgan fingerprint density at radius 3 is 1.73 bits per heavy atom. The van der Waals surface area contributed by atoms with Crippen LogP contribution in [0.2, 0.25) is 0 Å². The van der Waals surface area contributed by atoms with Gasteiger partial charge in [0, 0.05) is 26.3 Å². The quantitative estimate of drug-likeness (QED) is 0.551. The first-order chi connectivity index (χ1) is 14.3. The minimum atomic E-state index is -4.04. The van der Waals surface area contributed by atoms with E-state index in [9.17, 15) is 13.2 Å². The minimum absolute atomic E-state index is 0.108. The summed E-state index contributed by atoms with van der Waals surface area (Å²) in [6.07, 6.45) is 1.53. The molecule has 3 rings (SSSR count). The Morgan fingerprint density at radius 1 is 0.833 bits per heavy atom. The van der Waals surface area contributed by atoms with Crippen molar-refractivity contribution in [1.29, 1.82) is 0 Å². The normalized spacial score (nSPS) is 11.5. The van der Waals surface area contributed by atoms with Crippen molar-refractivity contribution in [3.63, 3.8) is 0 Å². The van der Waals surface area contributed by atoms with Crippen molar-refractivity contribution in [3.05, 3.63) is 88.3 Å². The van der Waals surface area contributed by atoms with Crippen molar-refractivity contribution in [2.24, 2.45) is 7.05 Å². The van der Waals surface area contributed by atoms with E-state index < -0.39 is 15.6 Å². The molecule has 0 saturated carbocycles. The standard InChI is InChI=1S/C22H24N2O5S/c1-23-14-4-5-21(22(23)25)30(26,27)24(15-17-6-10-19(28-2)11-7-17)16-18-8-12-20(29-3)13-9-18/h4-14H,15-16H2,1-3H3. The lowest BCUT2D eigenvalue weighted by Crippen LogP contribution is -2.35. The number of nitrogens with zero attached hydrogens (tertiary/aromatic N) is 2. The molecule has 0 fully saturated rings. The monoisotopic (exact) mass is 428 g/mol. The first-order valence-corrected chi connectivity index (χ1v) is 10.7. The van der Waals surface area contributed by atoms with Gasteiger partial charge in [0.2, 0.25) is 10.0 Å². The molecule has 0 amide bonds. The van der Waals surface area contributed by atoms with E-state index in [4.69, 9.17) is 9.47 Å². The maximum atomic E-state index is 13.4. The van der Waals surface area contributed by atoms with Gasteiger partial charge < -0.3 is 14.0 Å². The van der Waals surface area contributed by atoms with Gasteiger partial charge >= 0.3 is 0 Å². The van der Waals surface area contributed by atoms with Crippen LogP contribution in [-0.2, 0) is 30.2 Å². The molecule has 0 radical (unpaired) electrons. The molecular weight excluding hydrogens is 404 g/mol. The number of sulfonamides is 1. The molecule has 158 valence electrons. The summed E-state index contributed by atoms with van der Waals surface area (Å²) in [4.78, 5) is 12.3. The van der Waals surface area contributed by atoms with E-state index in [0.29, 0.717) is 11.5 Å². The number of aryl methyl sites for hydroxylation is 1. The second-order valence-corrected chi connectivity index (χ2v) is 8.66. The number of aromatic nitrogens is 1. The van der Waals surface area contributed by atoms with Crippen LogP contribution in [0.5, 0.6) is 11.5 Å². The Labute approximate surface area is 176 Å². The van der Waals surface area contributed by atoms with Gasteiger partial charge in [0.15, 0.2) is 0 Å². The highest BCUT2D eigenvalue weighted by molar-refractivity contribution is 7.89. The maximum absolute atomic E-state index is 13.4. The average Bonchev–Trinajstić information content (AvgIpc) is 2.76. The summed E-state index contributed by atoms with van der Waals surface area (Å²) in [6, 6.07) is 17.2. The van der Waals surface area contributed by atoms with Crippen LogP contribution in [0.25, 0.3) is 0 Å². The zero-order valence-corrected chi connectivity index (χ0v) is 17.9. The van der Waals surface area contributed by atoms with Crippen LogP contribution in [0, 0.1) is 0 Å². The van der Waals surface area contributed by atoms with Crippen molar-refractivity contribution < 1.29 is 17.9 Å². The van der Waals surface area contributed by atoms with Gasteiger partial charge in [-0.1, -0.05) is 24.3 Å². The highest BCUT2D eigenvalue weighted by atomic mass is 32.2. The predicted molar refractivity (Wildman–Crippen MR) is 114 cm³/mol. The van der Waals surface area contributed by atoms with E-state index in [0.717, 1.165) is 11.1 Å². The van der Waals surface area contributed by atoms with E-state index in [1.54, 1.807) is 68.8 Å². The second-order valence-electron chi connectivity index (χ2n) is 6.76. The van der Waals surface area contributed by atoms with Crippen molar-refractivity contribution in [3.8, 4) is 11.5 Å². The van der Waals surface area contributed by atoms with Gasteiger partial charge in [-0.15, -0.1) is 0 Å². The topological polar surface area (TPSA) is 77.8 Å². The van der Waals surface area contributed by atoms with E-state index in [-0.39, 0.29) is 18.0 Å².